The van der Waals surface area contributed by atoms with E-state index in [2.05, 4.69) is 17.5 Å². The van der Waals surface area contributed by atoms with Crippen molar-refractivity contribution in [2.24, 2.45) is 11.8 Å². The van der Waals surface area contributed by atoms with Crippen LogP contribution in [0.25, 0.3) is 0 Å². The van der Waals surface area contributed by atoms with Crippen molar-refractivity contribution >= 4 is 23.8 Å². The number of hydrogen-bond donors (Lipinski definition) is 1. The molecular weight excluding hydrogens is 396 g/mol. The monoisotopic (exact) mass is 430 g/mol. The zero-order valence-corrected chi connectivity index (χ0v) is 18.6. The van der Waals surface area contributed by atoms with E-state index < -0.39 is 5.54 Å². The van der Waals surface area contributed by atoms with Gasteiger partial charge in [-0.15, -0.1) is 0 Å². The Morgan fingerprint density at radius 3 is 2.52 bits per heavy atom. The molecular formula is C23H34N4O4. The van der Waals surface area contributed by atoms with E-state index in [0.717, 1.165) is 25.7 Å². The van der Waals surface area contributed by atoms with Crippen LogP contribution in [0.1, 0.15) is 58.8 Å². The number of imide groups is 1. The SMILES string of the molecule is CC(C)C(=O)N1CCC2(CC1)NC(=O)N([C@H]1CCCN(C(=O)C[C@H]3C=CCC3)C1)C2=O. The summed E-state index contributed by atoms with van der Waals surface area (Å²) in [7, 11) is 0. The van der Waals surface area contributed by atoms with E-state index in [-0.39, 0.29) is 35.7 Å². The van der Waals surface area contributed by atoms with Crippen LogP contribution in [0.3, 0.4) is 0 Å². The van der Waals surface area contributed by atoms with Crippen LogP contribution in [0.2, 0.25) is 0 Å². The van der Waals surface area contributed by atoms with Crippen molar-refractivity contribution in [3.63, 3.8) is 0 Å². The quantitative estimate of drug-likeness (QED) is 0.545. The van der Waals surface area contributed by atoms with Gasteiger partial charge < -0.3 is 15.1 Å². The minimum atomic E-state index is -0.911. The lowest BCUT2D eigenvalue weighted by Crippen LogP contribution is -2.57. The van der Waals surface area contributed by atoms with Crippen LogP contribution in [0.15, 0.2) is 12.2 Å². The van der Waals surface area contributed by atoms with Gasteiger partial charge in [0.15, 0.2) is 0 Å². The summed E-state index contributed by atoms with van der Waals surface area (Å²) < 4.78 is 0. The lowest BCUT2D eigenvalue weighted by Gasteiger charge is -2.39. The molecule has 0 unspecified atom stereocenters. The molecule has 4 aliphatic rings. The standard InChI is InChI=1S/C23H34N4O4/c1-16(2)20(29)25-12-9-23(10-13-25)21(30)27(22(31)24-23)18-8-5-11-26(15-18)19(28)14-17-6-3-4-7-17/h3,6,16-18H,4-5,7-15H2,1-2H3,(H,24,31)/t17-,18-/m0/s1. The summed E-state index contributed by atoms with van der Waals surface area (Å²) in [6.45, 7) is 5.80. The fraction of sp³-hybridized carbons (Fsp3) is 0.739. The van der Waals surface area contributed by atoms with Gasteiger partial charge in [0.25, 0.3) is 5.91 Å². The van der Waals surface area contributed by atoms with Crippen LogP contribution in [-0.4, -0.2) is 76.2 Å². The van der Waals surface area contributed by atoms with Gasteiger partial charge in [-0.1, -0.05) is 26.0 Å². The number of likely N-dealkylation sites (tertiary alicyclic amines) is 2. The third-order valence-corrected chi connectivity index (χ3v) is 7.28. The Kier molecular flexibility index (Phi) is 6.08. The van der Waals surface area contributed by atoms with E-state index in [0.29, 0.717) is 51.4 Å². The smallest absolute Gasteiger partial charge is 0.325 e. The van der Waals surface area contributed by atoms with E-state index in [9.17, 15) is 19.2 Å². The number of carbonyl (C=O) groups excluding carboxylic acids is 4. The van der Waals surface area contributed by atoms with E-state index in [1.165, 1.54) is 4.90 Å². The maximum Gasteiger partial charge on any atom is 0.325 e. The minimum Gasteiger partial charge on any atom is -0.342 e. The predicted octanol–water partition coefficient (Wildman–Crippen LogP) is 1.90. The number of urea groups is 1. The van der Waals surface area contributed by atoms with E-state index >= 15 is 0 Å². The molecule has 3 heterocycles. The van der Waals surface area contributed by atoms with Gasteiger partial charge in [-0.25, -0.2) is 4.79 Å². The molecule has 3 aliphatic heterocycles. The number of amides is 5. The molecule has 0 saturated carbocycles. The van der Waals surface area contributed by atoms with Crippen LogP contribution >= 0.6 is 0 Å². The fourth-order valence-electron chi connectivity index (χ4n) is 5.40. The molecule has 2 atom stereocenters. The molecule has 8 heteroatoms. The zero-order chi connectivity index (χ0) is 22.2. The molecule has 3 saturated heterocycles. The highest BCUT2D eigenvalue weighted by Gasteiger charge is 2.55. The summed E-state index contributed by atoms with van der Waals surface area (Å²) in [6, 6.07) is -0.634. The maximum atomic E-state index is 13.4. The Hall–Kier alpha value is -2.38. The molecule has 0 aromatic heterocycles. The molecule has 5 amide bonds. The van der Waals surface area contributed by atoms with Crippen molar-refractivity contribution in [3.8, 4) is 0 Å². The average molecular weight is 431 g/mol. The summed E-state index contributed by atoms with van der Waals surface area (Å²) in [5, 5.41) is 2.94. The third kappa shape index (κ3) is 4.21. The topological polar surface area (TPSA) is 90.0 Å². The highest BCUT2D eigenvalue weighted by Crippen LogP contribution is 2.33. The van der Waals surface area contributed by atoms with Gasteiger partial charge in [-0.3, -0.25) is 19.3 Å². The van der Waals surface area contributed by atoms with Crippen LogP contribution in [0, 0.1) is 11.8 Å². The molecule has 0 radical (unpaired) electrons. The zero-order valence-electron chi connectivity index (χ0n) is 18.6. The lowest BCUT2D eigenvalue weighted by atomic mass is 9.86. The van der Waals surface area contributed by atoms with Crippen molar-refractivity contribution in [1.82, 2.24) is 20.0 Å². The number of nitrogens with zero attached hydrogens (tertiary/aromatic N) is 3. The van der Waals surface area contributed by atoms with Crippen molar-refractivity contribution in [2.75, 3.05) is 26.2 Å². The van der Waals surface area contributed by atoms with Crippen molar-refractivity contribution in [2.45, 2.75) is 70.4 Å². The Balaban J connectivity index is 1.39. The van der Waals surface area contributed by atoms with Gasteiger partial charge in [0.05, 0.1) is 6.04 Å². The third-order valence-electron chi connectivity index (χ3n) is 7.28. The molecule has 1 aliphatic carbocycles. The van der Waals surface area contributed by atoms with Gasteiger partial charge in [-0.05, 0) is 44.4 Å². The van der Waals surface area contributed by atoms with E-state index in [1.54, 1.807) is 4.90 Å². The second kappa shape index (κ2) is 8.63. The van der Waals surface area contributed by atoms with Gasteiger partial charge in [0.2, 0.25) is 11.8 Å². The number of allylic oxidation sites excluding steroid dienone is 2. The lowest BCUT2D eigenvalue weighted by molar-refractivity contribution is -0.142. The second-order valence-corrected chi connectivity index (χ2v) is 9.77. The molecule has 4 rings (SSSR count). The van der Waals surface area contributed by atoms with Crippen LogP contribution in [0.4, 0.5) is 4.79 Å². The van der Waals surface area contributed by atoms with Crippen LogP contribution < -0.4 is 5.32 Å². The molecule has 170 valence electrons. The normalized spacial score (nSPS) is 28.0. The number of hydrogen-bond acceptors (Lipinski definition) is 4. The number of rotatable bonds is 4. The molecule has 8 nitrogen and oxygen atoms in total. The molecule has 3 fully saturated rings. The van der Waals surface area contributed by atoms with Crippen LogP contribution in [0.5, 0.6) is 0 Å². The van der Waals surface area contributed by atoms with Gasteiger partial charge >= 0.3 is 6.03 Å². The molecule has 1 spiro atoms. The van der Waals surface area contributed by atoms with Crippen molar-refractivity contribution in [1.29, 1.82) is 0 Å². The van der Waals surface area contributed by atoms with Crippen molar-refractivity contribution < 1.29 is 19.2 Å². The number of nitrogens with one attached hydrogen (secondary N) is 1. The van der Waals surface area contributed by atoms with Crippen LogP contribution in [-0.2, 0) is 14.4 Å². The summed E-state index contributed by atoms with van der Waals surface area (Å²) >= 11 is 0. The Labute approximate surface area is 184 Å². The highest BCUT2D eigenvalue weighted by atomic mass is 16.2. The Morgan fingerprint density at radius 2 is 1.87 bits per heavy atom. The van der Waals surface area contributed by atoms with Gasteiger partial charge in [-0.2, -0.15) is 0 Å². The summed E-state index contributed by atoms with van der Waals surface area (Å²) in [5.74, 6) is 0.245. The predicted molar refractivity (Wildman–Crippen MR) is 115 cm³/mol. The minimum absolute atomic E-state index is 0.0788. The summed E-state index contributed by atoms with van der Waals surface area (Å²) in [5.41, 5.74) is -0.911. The first-order valence-corrected chi connectivity index (χ1v) is 11.7. The fourth-order valence-corrected chi connectivity index (χ4v) is 5.40. The molecule has 1 N–H and O–H groups in total. The van der Waals surface area contributed by atoms with E-state index in [1.807, 2.05) is 18.7 Å². The first-order chi connectivity index (χ1) is 14.8. The first kappa shape index (κ1) is 21.8. The highest BCUT2D eigenvalue weighted by molar-refractivity contribution is 6.07. The Morgan fingerprint density at radius 1 is 1.13 bits per heavy atom. The molecule has 0 aromatic carbocycles. The first-order valence-electron chi connectivity index (χ1n) is 11.7. The number of piperidine rings is 2. The number of carbonyl (C=O) groups is 4. The van der Waals surface area contributed by atoms with Gasteiger partial charge in [0.1, 0.15) is 5.54 Å². The molecule has 0 aromatic rings. The van der Waals surface area contributed by atoms with Crippen molar-refractivity contribution in [3.05, 3.63) is 12.2 Å². The molecule has 31 heavy (non-hydrogen) atoms. The largest absolute Gasteiger partial charge is 0.342 e. The van der Waals surface area contributed by atoms with Gasteiger partial charge in [0, 0.05) is 38.5 Å². The average Bonchev–Trinajstić information content (AvgIpc) is 3.34. The van der Waals surface area contributed by atoms with E-state index in [4.69, 9.17) is 0 Å². The summed E-state index contributed by atoms with van der Waals surface area (Å²) in [4.78, 5) is 56.3. The second-order valence-electron chi connectivity index (χ2n) is 9.77. The Bertz CT molecular complexity index is 784. The maximum absolute atomic E-state index is 13.4. The molecule has 0 bridgehead atoms. The summed E-state index contributed by atoms with van der Waals surface area (Å²) in [6.07, 6.45) is 9.21.